The Morgan fingerprint density at radius 1 is 1.38 bits per heavy atom. The van der Waals surface area contributed by atoms with Crippen LogP contribution in [0.25, 0.3) is 23.1 Å². The second-order valence-electron chi connectivity index (χ2n) is 6.98. The highest BCUT2D eigenvalue weighted by Gasteiger charge is 2.24. The molecule has 4 N–H and O–H groups in total. The molecule has 3 aromatic heterocycles. The summed E-state index contributed by atoms with van der Waals surface area (Å²) in [4.78, 5) is 25.6. The molecule has 1 atom stereocenters. The van der Waals surface area contributed by atoms with E-state index < -0.39 is 12.3 Å². The SMILES string of the molecule is COC(=O)N(C)c1c(N)nc(-c2cc(-c3ncco3)n(CC3=CC=CCC3F)n2)nc1N. The number of anilines is 3. The number of oxazole rings is 1. The number of nitrogen functional groups attached to an aromatic ring is 2. The Morgan fingerprint density at radius 2 is 2.12 bits per heavy atom. The third-order valence-corrected chi connectivity index (χ3v) is 4.91. The number of halogens is 1. The van der Waals surface area contributed by atoms with Crippen LogP contribution in [0.15, 0.2) is 46.7 Å². The minimum absolute atomic E-state index is 0.0310. The van der Waals surface area contributed by atoms with Gasteiger partial charge >= 0.3 is 6.09 Å². The van der Waals surface area contributed by atoms with Gasteiger partial charge < -0.3 is 20.6 Å². The fourth-order valence-electron chi connectivity index (χ4n) is 3.32. The average molecular weight is 440 g/mol. The van der Waals surface area contributed by atoms with Gasteiger partial charge in [0.25, 0.3) is 0 Å². The van der Waals surface area contributed by atoms with Crippen molar-refractivity contribution in [2.45, 2.75) is 19.1 Å². The van der Waals surface area contributed by atoms with E-state index in [1.54, 1.807) is 22.9 Å². The van der Waals surface area contributed by atoms with Gasteiger partial charge in [-0.3, -0.25) is 9.58 Å². The van der Waals surface area contributed by atoms with Crippen LogP contribution in [0.4, 0.5) is 26.5 Å². The first kappa shape index (κ1) is 21.0. The topological polar surface area (TPSA) is 151 Å². The van der Waals surface area contributed by atoms with Gasteiger partial charge in [0.2, 0.25) is 5.89 Å². The summed E-state index contributed by atoms with van der Waals surface area (Å²) in [7, 11) is 2.67. The van der Waals surface area contributed by atoms with E-state index in [-0.39, 0.29) is 29.7 Å². The highest BCUT2D eigenvalue weighted by Crippen LogP contribution is 2.31. The molecule has 12 heteroatoms. The maximum atomic E-state index is 14.4. The minimum atomic E-state index is -1.11. The van der Waals surface area contributed by atoms with Gasteiger partial charge in [-0.25, -0.2) is 24.1 Å². The number of hydrogen-bond acceptors (Lipinski definition) is 9. The van der Waals surface area contributed by atoms with Gasteiger partial charge in [0.1, 0.15) is 29.5 Å². The van der Waals surface area contributed by atoms with E-state index in [0.29, 0.717) is 29.3 Å². The molecule has 1 aliphatic rings. The van der Waals surface area contributed by atoms with E-state index in [9.17, 15) is 9.18 Å². The number of aromatic nitrogens is 5. The van der Waals surface area contributed by atoms with E-state index in [1.807, 2.05) is 6.08 Å². The molecule has 1 aliphatic carbocycles. The van der Waals surface area contributed by atoms with Crippen molar-refractivity contribution in [1.29, 1.82) is 0 Å². The molecule has 166 valence electrons. The Balaban J connectivity index is 1.75. The fraction of sp³-hybridized carbons (Fsp3) is 0.250. The summed E-state index contributed by atoms with van der Waals surface area (Å²) < 4.78 is 26.0. The molecule has 0 aromatic carbocycles. The number of methoxy groups -OCH3 is 1. The van der Waals surface area contributed by atoms with Crippen molar-refractivity contribution < 1.29 is 18.3 Å². The number of allylic oxidation sites excluding steroid dienone is 4. The van der Waals surface area contributed by atoms with Crippen LogP contribution in [-0.4, -0.2) is 51.2 Å². The number of alkyl halides is 1. The lowest BCUT2D eigenvalue weighted by Gasteiger charge is -2.18. The Kier molecular flexibility index (Phi) is 5.58. The van der Waals surface area contributed by atoms with Gasteiger partial charge in [-0.05, 0) is 5.57 Å². The number of ether oxygens (including phenoxy) is 1. The number of nitrogens with zero attached hydrogens (tertiary/aromatic N) is 6. The average Bonchev–Trinajstić information content (AvgIpc) is 3.44. The van der Waals surface area contributed by atoms with Crippen LogP contribution >= 0.6 is 0 Å². The molecule has 3 heterocycles. The number of amides is 1. The third kappa shape index (κ3) is 3.89. The van der Waals surface area contributed by atoms with Crippen molar-refractivity contribution in [2.24, 2.45) is 0 Å². The molecule has 1 unspecified atom stereocenters. The van der Waals surface area contributed by atoms with Crippen LogP contribution in [0, 0.1) is 0 Å². The second kappa shape index (κ2) is 8.49. The normalized spacial score (nSPS) is 15.5. The Hall–Kier alpha value is -4.22. The lowest BCUT2D eigenvalue weighted by atomic mass is 10.0. The van der Waals surface area contributed by atoms with Crippen LogP contribution in [0.1, 0.15) is 6.42 Å². The van der Waals surface area contributed by atoms with Crippen molar-refractivity contribution >= 4 is 23.4 Å². The molecular formula is C20H21FN8O3. The summed E-state index contributed by atoms with van der Waals surface area (Å²) >= 11 is 0. The molecule has 1 amide bonds. The largest absolute Gasteiger partial charge is 0.452 e. The Bertz CT molecular complexity index is 1180. The van der Waals surface area contributed by atoms with Crippen LogP contribution in [0.3, 0.4) is 0 Å². The van der Waals surface area contributed by atoms with Crippen molar-refractivity contribution in [2.75, 3.05) is 30.5 Å². The molecule has 4 rings (SSSR count). The summed E-state index contributed by atoms with van der Waals surface area (Å²) in [6.07, 6.45) is 6.74. The number of hydrogen-bond donors (Lipinski definition) is 2. The lowest BCUT2D eigenvalue weighted by Crippen LogP contribution is -2.28. The molecule has 0 aliphatic heterocycles. The van der Waals surface area contributed by atoms with E-state index in [2.05, 4.69) is 24.8 Å². The predicted molar refractivity (Wildman–Crippen MR) is 115 cm³/mol. The fourth-order valence-corrected chi connectivity index (χ4v) is 3.32. The molecule has 11 nitrogen and oxygen atoms in total. The van der Waals surface area contributed by atoms with Crippen molar-refractivity contribution in [3.63, 3.8) is 0 Å². The van der Waals surface area contributed by atoms with E-state index in [4.69, 9.17) is 15.9 Å². The van der Waals surface area contributed by atoms with Gasteiger partial charge in [-0.15, -0.1) is 0 Å². The molecule has 0 spiro atoms. The smallest absolute Gasteiger partial charge is 0.413 e. The van der Waals surface area contributed by atoms with Gasteiger partial charge in [0, 0.05) is 19.5 Å². The molecule has 3 aromatic rings. The van der Waals surface area contributed by atoms with E-state index in [0.717, 1.165) is 4.90 Å². The Morgan fingerprint density at radius 3 is 2.75 bits per heavy atom. The first-order valence-corrected chi connectivity index (χ1v) is 9.61. The summed E-state index contributed by atoms with van der Waals surface area (Å²) in [6.45, 7) is 0.178. The van der Waals surface area contributed by atoms with E-state index >= 15 is 0 Å². The maximum Gasteiger partial charge on any atom is 0.413 e. The monoisotopic (exact) mass is 440 g/mol. The number of nitrogens with two attached hydrogens (primary N) is 2. The highest BCUT2D eigenvalue weighted by molar-refractivity contribution is 5.94. The number of carbonyl (C=O) groups is 1. The van der Waals surface area contributed by atoms with Crippen LogP contribution < -0.4 is 16.4 Å². The van der Waals surface area contributed by atoms with Crippen molar-refractivity contribution in [1.82, 2.24) is 24.7 Å². The van der Waals surface area contributed by atoms with Crippen LogP contribution in [0.2, 0.25) is 0 Å². The van der Waals surface area contributed by atoms with Crippen LogP contribution in [0.5, 0.6) is 0 Å². The molecule has 0 fully saturated rings. The van der Waals surface area contributed by atoms with Gasteiger partial charge in [0.15, 0.2) is 17.5 Å². The van der Waals surface area contributed by atoms with Crippen molar-refractivity contribution in [3.8, 4) is 23.1 Å². The zero-order chi connectivity index (χ0) is 22.8. The zero-order valence-corrected chi connectivity index (χ0v) is 17.4. The molecule has 32 heavy (non-hydrogen) atoms. The standard InChI is InChI=1S/C20H21FN8O3/c1-28(20(30)31-2)15-16(22)25-18(26-17(15)23)13-9-14(19-24-7-8-32-19)29(27-13)10-11-5-3-4-6-12(11)21/h3-5,7-9,12H,6,10H2,1-2H3,(H4,22,23,25,26). The highest BCUT2D eigenvalue weighted by atomic mass is 19.1. The van der Waals surface area contributed by atoms with Crippen LogP contribution in [-0.2, 0) is 11.3 Å². The first-order valence-electron chi connectivity index (χ1n) is 9.61. The van der Waals surface area contributed by atoms with Gasteiger partial charge in [-0.2, -0.15) is 5.10 Å². The van der Waals surface area contributed by atoms with Gasteiger partial charge in [-0.1, -0.05) is 18.2 Å². The van der Waals surface area contributed by atoms with E-state index in [1.165, 1.54) is 26.6 Å². The molecule has 0 saturated heterocycles. The quantitative estimate of drug-likeness (QED) is 0.610. The molecular weight excluding hydrogens is 419 g/mol. The maximum absolute atomic E-state index is 14.4. The summed E-state index contributed by atoms with van der Waals surface area (Å²) in [5.41, 5.74) is 13.6. The lowest BCUT2D eigenvalue weighted by molar-refractivity contribution is 0.180. The minimum Gasteiger partial charge on any atom is -0.452 e. The summed E-state index contributed by atoms with van der Waals surface area (Å²) in [6, 6.07) is 1.65. The Labute approximate surface area is 182 Å². The third-order valence-electron chi connectivity index (χ3n) is 4.91. The number of carbonyl (C=O) groups excluding carboxylic acids is 1. The summed E-state index contributed by atoms with van der Waals surface area (Å²) in [5, 5.41) is 4.52. The van der Waals surface area contributed by atoms with Gasteiger partial charge in [0.05, 0.1) is 19.9 Å². The predicted octanol–water partition coefficient (Wildman–Crippen LogP) is 2.59. The molecule has 0 saturated carbocycles. The van der Waals surface area contributed by atoms with Crippen molar-refractivity contribution in [3.05, 3.63) is 42.3 Å². The summed E-state index contributed by atoms with van der Waals surface area (Å²) in [5.74, 6) is 0.366. The first-order chi connectivity index (χ1) is 15.4. The number of rotatable bonds is 5. The zero-order valence-electron chi connectivity index (χ0n) is 17.4. The molecule has 0 bridgehead atoms. The molecule has 0 radical (unpaired) electrons. The second-order valence-corrected chi connectivity index (χ2v) is 6.98.